The van der Waals surface area contributed by atoms with Gasteiger partial charge in [0.15, 0.2) is 0 Å². The molecular formula is C14H19F2N3O. The van der Waals surface area contributed by atoms with Crippen LogP contribution in [0.2, 0.25) is 0 Å². The quantitative estimate of drug-likeness (QED) is 0.899. The van der Waals surface area contributed by atoms with E-state index in [-0.39, 0.29) is 5.91 Å². The number of rotatable bonds is 3. The standard InChI is InChI=1S/C14H19F2N3O/c1-10(17)14(20)19-6-4-18(5-7-19)9-11-8-12(15)2-3-13(11)16/h2-3,8,10H,4-7,9,17H2,1H3/t10-/m0/s1. The summed E-state index contributed by atoms with van der Waals surface area (Å²) in [5.74, 6) is -0.908. The molecule has 1 amide bonds. The van der Waals surface area contributed by atoms with Gasteiger partial charge in [0.25, 0.3) is 0 Å². The molecule has 0 aliphatic carbocycles. The maximum absolute atomic E-state index is 13.6. The van der Waals surface area contributed by atoms with Gasteiger partial charge in [-0.2, -0.15) is 0 Å². The van der Waals surface area contributed by atoms with Crippen molar-refractivity contribution in [1.82, 2.24) is 9.80 Å². The molecule has 1 fully saturated rings. The number of nitrogens with two attached hydrogens (primary N) is 1. The molecule has 1 aromatic carbocycles. The monoisotopic (exact) mass is 283 g/mol. The van der Waals surface area contributed by atoms with Crippen molar-refractivity contribution in [3.8, 4) is 0 Å². The van der Waals surface area contributed by atoms with Crippen LogP contribution in [0.15, 0.2) is 18.2 Å². The van der Waals surface area contributed by atoms with Crippen LogP contribution in [0.5, 0.6) is 0 Å². The fourth-order valence-corrected chi connectivity index (χ4v) is 2.32. The lowest BCUT2D eigenvalue weighted by Crippen LogP contribution is -2.52. The zero-order valence-electron chi connectivity index (χ0n) is 11.5. The number of benzene rings is 1. The van der Waals surface area contributed by atoms with E-state index in [1.807, 2.05) is 4.90 Å². The molecule has 0 spiro atoms. The third-order valence-electron chi connectivity index (χ3n) is 3.48. The summed E-state index contributed by atoms with van der Waals surface area (Å²) in [6.07, 6.45) is 0. The second-order valence-electron chi connectivity index (χ2n) is 5.13. The molecule has 1 aliphatic heterocycles. The first kappa shape index (κ1) is 14.9. The first-order valence-electron chi connectivity index (χ1n) is 6.68. The number of halogens is 2. The lowest BCUT2D eigenvalue weighted by atomic mass is 10.1. The van der Waals surface area contributed by atoms with E-state index in [2.05, 4.69) is 0 Å². The summed E-state index contributed by atoms with van der Waals surface area (Å²) in [6, 6.07) is 2.97. The number of carbonyl (C=O) groups is 1. The minimum Gasteiger partial charge on any atom is -0.339 e. The number of piperazine rings is 1. The van der Waals surface area contributed by atoms with Gasteiger partial charge in [-0.3, -0.25) is 9.69 Å². The minimum atomic E-state index is -0.498. The second-order valence-corrected chi connectivity index (χ2v) is 5.13. The second kappa shape index (κ2) is 6.28. The van der Waals surface area contributed by atoms with E-state index >= 15 is 0 Å². The van der Waals surface area contributed by atoms with Gasteiger partial charge in [-0.05, 0) is 25.1 Å². The summed E-state index contributed by atoms with van der Waals surface area (Å²) in [6.45, 7) is 4.41. The Morgan fingerprint density at radius 2 is 1.95 bits per heavy atom. The lowest BCUT2D eigenvalue weighted by molar-refractivity contribution is -0.134. The SMILES string of the molecule is C[C@H](N)C(=O)N1CCN(Cc2cc(F)ccc2F)CC1. The van der Waals surface area contributed by atoms with Gasteiger partial charge in [0, 0.05) is 38.3 Å². The maximum Gasteiger partial charge on any atom is 0.239 e. The van der Waals surface area contributed by atoms with Crippen molar-refractivity contribution >= 4 is 5.91 Å². The van der Waals surface area contributed by atoms with E-state index in [0.29, 0.717) is 38.3 Å². The van der Waals surface area contributed by atoms with Crippen LogP contribution in [0.4, 0.5) is 8.78 Å². The Kier molecular flexibility index (Phi) is 4.67. The van der Waals surface area contributed by atoms with Crippen LogP contribution in [0.1, 0.15) is 12.5 Å². The average Bonchev–Trinajstić information content (AvgIpc) is 2.43. The molecule has 1 heterocycles. The highest BCUT2D eigenvalue weighted by Crippen LogP contribution is 2.14. The van der Waals surface area contributed by atoms with Crippen LogP contribution in [-0.4, -0.2) is 47.9 Å². The molecule has 20 heavy (non-hydrogen) atoms. The molecule has 2 N–H and O–H groups in total. The molecule has 0 bridgehead atoms. The van der Waals surface area contributed by atoms with Gasteiger partial charge in [0.2, 0.25) is 5.91 Å². The topological polar surface area (TPSA) is 49.6 Å². The smallest absolute Gasteiger partial charge is 0.239 e. The van der Waals surface area contributed by atoms with Crippen LogP contribution in [0, 0.1) is 11.6 Å². The number of hydrogen-bond donors (Lipinski definition) is 1. The summed E-state index contributed by atoms with van der Waals surface area (Å²) in [5.41, 5.74) is 5.91. The molecule has 2 rings (SSSR count). The highest BCUT2D eigenvalue weighted by Gasteiger charge is 2.23. The summed E-state index contributed by atoms with van der Waals surface area (Å²) >= 11 is 0. The summed E-state index contributed by atoms with van der Waals surface area (Å²) < 4.78 is 26.7. The molecule has 1 saturated heterocycles. The predicted molar refractivity (Wildman–Crippen MR) is 71.9 cm³/mol. The molecule has 6 heteroatoms. The van der Waals surface area contributed by atoms with Crippen molar-refractivity contribution in [2.24, 2.45) is 5.73 Å². The Balaban J connectivity index is 1.91. The Morgan fingerprint density at radius 3 is 2.55 bits per heavy atom. The fourth-order valence-electron chi connectivity index (χ4n) is 2.32. The van der Waals surface area contributed by atoms with E-state index in [1.165, 1.54) is 6.07 Å². The Morgan fingerprint density at radius 1 is 1.30 bits per heavy atom. The molecule has 110 valence electrons. The average molecular weight is 283 g/mol. The highest BCUT2D eigenvalue weighted by molar-refractivity contribution is 5.81. The first-order valence-corrected chi connectivity index (χ1v) is 6.68. The van der Waals surface area contributed by atoms with Crippen molar-refractivity contribution in [3.05, 3.63) is 35.4 Å². The summed E-state index contributed by atoms with van der Waals surface area (Å²) in [5, 5.41) is 0. The maximum atomic E-state index is 13.6. The van der Waals surface area contributed by atoms with Crippen LogP contribution < -0.4 is 5.73 Å². The first-order chi connectivity index (χ1) is 9.47. The van der Waals surface area contributed by atoms with Gasteiger partial charge < -0.3 is 10.6 Å². The van der Waals surface area contributed by atoms with Crippen molar-refractivity contribution in [2.75, 3.05) is 26.2 Å². The normalized spacial score (nSPS) is 18.1. The zero-order chi connectivity index (χ0) is 14.7. The zero-order valence-corrected chi connectivity index (χ0v) is 11.5. The molecule has 1 aliphatic rings. The van der Waals surface area contributed by atoms with Gasteiger partial charge in [0.1, 0.15) is 11.6 Å². The van der Waals surface area contributed by atoms with Crippen molar-refractivity contribution in [3.63, 3.8) is 0 Å². The molecule has 1 aromatic rings. The number of carbonyl (C=O) groups excluding carboxylic acids is 1. The van der Waals surface area contributed by atoms with Crippen LogP contribution in [0.25, 0.3) is 0 Å². The molecule has 0 saturated carbocycles. The predicted octanol–water partition coefficient (Wildman–Crippen LogP) is 0.956. The summed E-state index contributed by atoms with van der Waals surface area (Å²) in [4.78, 5) is 15.4. The highest BCUT2D eigenvalue weighted by atomic mass is 19.1. The Bertz CT molecular complexity index is 485. The van der Waals surface area contributed by atoms with E-state index in [4.69, 9.17) is 5.73 Å². The van der Waals surface area contributed by atoms with E-state index in [1.54, 1.807) is 11.8 Å². The molecule has 4 nitrogen and oxygen atoms in total. The third-order valence-corrected chi connectivity index (χ3v) is 3.48. The molecule has 0 unspecified atom stereocenters. The van der Waals surface area contributed by atoms with Gasteiger partial charge >= 0.3 is 0 Å². The number of amides is 1. The third kappa shape index (κ3) is 3.52. The fraction of sp³-hybridized carbons (Fsp3) is 0.500. The molecule has 0 radical (unpaired) electrons. The number of nitrogens with zero attached hydrogens (tertiary/aromatic N) is 2. The molecule has 1 atom stereocenters. The summed E-state index contributed by atoms with van der Waals surface area (Å²) in [7, 11) is 0. The van der Waals surface area contributed by atoms with Gasteiger partial charge in [-0.25, -0.2) is 8.78 Å². The van der Waals surface area contributed by atoms with Gasteiger partial charge in [0.05, 0.1) is 6.04 Å². The van der Waals surface area contributed by atoms with Crippen LogP contribution in [-0.2, 0) is 11.3 Å². The Hall–Kier alpha value is -1.53. The van der Waals surface area contributed by atoms with Gasteiger partial charge in [-0.15, -0.1) is 0 Å². The number of hydrogen-bond acceptors (Lipinski definition) is 3. The van der Waals surface area contributed by atoms with Gasteiger partial charge in [-0.1, -0.05) is 0 Å². The minimum absolute atomic E-state index is 0.0680. The van der Waals surface area contributed by atoms with Crippen LogP contribution in [0.3, 0.4) is 0 Å². The van der Waals surface area contributed by atoms with Crippen molar-refractivity contribution in [1.29, 1.82) is 0 Å². The molecule has 0 aromatic heterocycles. The van der Waals surface area contributed by atoms with E-state index in [0.717, 1.165) is 12.1 Å². The lowest BCUT2D eigenvalue weighted by Gasteiger charge is -2.35. The van der Waals surface area contributed by atoms with Crippen LogP contribution >= 0.6 is 0 Å². The van der Waals surface area contributed by atoms with Crippen molar-refractivity contribution in [2.45, 2.75) is 19.5 Å². The van der Waals surface area contributed by atoms with Crippen molar-refractivity contribution < 1.29 is 13.6 Å². The van der Waals surface area contributed by atoms with E-state index in [9.17, 15) is 13.6 Å². The largest absolute Gasteiger partial charge is 0.339 e. The Labute approximate surface area is 117 Å². The van der Waals surface area contributed by atoms with E-state index < -0.39 is 17.7 Å². The molecular weight excluding hydrogens is 264 g/mol.